The van der Waals surface area contributed by atoms with Crippen LogP contribution in [0.15, 0.2) is 23.5 Å². The van der Waals surface area contributed by atoms with E-state index < -0.39 is 0 Å². The largest absolute Gasteiger partial charge is 0.481 e. The summed E-state index contributed by atoms with van der Waals surface area (Å²) >= 11 is 0. The van der Waals surface area contributed by atoms with Crippen molar-refractivity contribution in [2.75, 3.05) is 6.61 Å². The van der Waals surface area contributed by atoms with E-state index in [0.29, 0.717) is 24.0 Å². The molecule has 0 unspecified atom stereocenters. The molecule has 0 N–H and O–H groups in total. The minimum atomic E-state index is 0.555. The van der Waals surface area contributed by atoms with Crippen LogP contribution in [-0.2, 0) is 4.74 Å². The molecule has 3 aromatic heterocycles. The molecule has 1 aliphatic heterocycles. The van der Waals surface area contributed by atoms with Gasteiger partial charge in [-0.15, -0.1) is 14.8 Å². The Morgan fingerprint density at radius 3 is 3.15 bits per heavy atom. The van der Waals surface area contributed by atoms with Gasteiger partial charge in [-0.3, -0.25) is 4.98 Å². The van der Waals surface area contributed by atoms with E-state index in [-0.39, 0.29) is 0 Å². The molecule has 0 saturated carbocycles. The Balaban J connectivity index is 1.96. The van der Waals surface area contributed by atoms with E-state index in [0.717, 1.165) is 30.0 Å². The summed E-state index contributed by atoms with van der Waals surface area (Å²) in [7, 11) is 0. The van der Waals surface area contributed by atoms with Gasteiger partial charge in [0, 0.05) is 24.2 Å². The first-order valence-corrected chi connectivity index (χ1v) is 6.44. The van der Waals surface area contributed by atoms with Crippen molar-refractivity contribution in [2.45, 2.75) is 19.3 Å². The Labute approximate surface area is 113 Å². The lowest BCUT2D eigenvalue weighted by molar-refractivity contribution is 0.260. The zero-order valence-corrected chi connectivity index (χ0v) is 10.6. The van der Waals surface area contributed by atoms with Crippen LogP contribution in [0, 0.1) is 0 Å². The summed E-state index contributed by atoms with van der Waals surface area (Å²) in [4.78, 5) is 8.63. The van der Waals surface area contributed by atoms with Crippen LogP contribution in [0.25, 0.3) is 16.4 Å². The summed E-state index contributed by atoms with van der Waals surface area (Å²) in [6.07, 6.45) is 6.42. The van der Waals surface area contributed by atoms with Crippen molar-refractivity contribution in [2.24, 2.45) is 4.99 Å². The van der Waals surface area contributed by atoms with E-state index in [9.17, 15) is 0 Å². The Kier molecular flexibility index (Phi) is 2.51. The van der Waals surface area contributed by atoms with Crippen LogP contribution in [0.5, 0.6) is 0 Å². The zero-order chi connectivity index (χ0) is 13.4. The number of ether oxygens (including phenoxy) is 1. The predicted molar refractivity (Wildman–Crippen MR) is 70.8 cm³/mol. The maximum absolute atomic E-state index is 5.56. The second-order valence-corrected chi connectivity index (χ2v) is 4.55. The van der Waals surface area contributed by atoms with Crippen LogP contribution in [0.3, 0.4) is 0 Å². The number of aliphatic imine (C=N–C) groups is 1. The fourth-order valence-corrected chi connectivity index (χ4v) is 2.25. The summed E-state index contributed by atoms with van der Waals surface area (Å²) in [5, 5.41) is 17.4. The fourth-order valence-electron chi connectivity index (χ4n) is 2.25. The molecule has 1 aliphatic rings. The fraction of sp³-hybridized carbons (Fsp3) is 0.333. The summed E-state index contributed by atoms with van der Waals surface area (Å²) in [6.45, 7) is 0.714. The van der Waals surface area contributed by atoms with Gasteiger partial charge in [-0.25, -0.2) is 0 Å². The predicted octanol–water partition coefficient (Wildman–Crippen LogP) is 1.30. The highest BCUT2D eigenvalue weighted by atomic mass is 16.5. The summed E-state index contributed by atoms with van der Waals surface area (Å²) in [5.74, 6) is 1.27. The van der Waals surface area contributed by atoms with E-state index in [1.54, 1.807) is 12.4 Å². The first-order chi connectivity index (χ1) is 9.92. The van der Waals surface area contributed by atoms with Crippen LogP contribution in [-0.4, -0.2) is 42.7 Å². The van der Waals surface area contributed by atoms with Crippen molar-refractivity contribution >= 4 is 28.1 Å². The average Bonchev–Trinajstić information content (AvgIpc) is 2.97. The van der Waals surface area contributed by atoms with E-state index >= 15 is 0 Å². The third-order valence-electron chi connectivity index (χ3n) is 3.23. The first kappa shape index (κ1) is 11.2. The SMILES string of the molecule is c1cc2c(N=C3CCCCO3)nn3nnnc3c2cn1. The number of hydrogen-bond acceptors (Lipinski definition) is 7. The van der Waals surface area contributed by atoms with Crippen LogP contribution >= 0.6 is 0 Å². The van der Waals surface area contributed by atoms with E-state index in [2.05, 4.69) is 30.6 Å². The third kappa shape index (κ3) is 1.77. The van der Waals surface area contributed by atoms with Gasteiger partial charge in [0.05, 0.1) is 12.0 Å². The van der Waals surface area contributed by atoms with Gasteiger partial charge in [-0.2, -0.15) is 4.99 Å². The van der Waals surface area contributed by atoms with Crippen molar-refractivity contribution in [3.63, 3.8) is 0 Å². The highest BCUT2D eigenvalue weighted by Gasteiger charge is 2.13. The molecular formula is C12H11N7O. The lowest BCUT2D eigenvalue weighted by Crippen LogP contribution is -2.12. The summed E-state index contributed by atoms with van der Waals surface area (Å²) in [6, 6.07) is 1.86. The molecule has 8 nitrogen and oxygen atoms in total. The highest BCUT2D eigenvalue weighted by molar-refractivity contribution is 5.99. The van der Waals surface area contributed by atoms with Crippen LogP contribution in [0.1, 0.15) is 19.3 Å². The van der Waals surface area contributed by atoms with Crippen LogP contribution in [0.2, 0.25) is 0 Å². The molecule has 8 heteroatoms. The third-order valence-corrected chi connectivity index (χ3v) is 3.23. The van der Waals surface area contributed by atoms with Gasteiger partial charge < -0.3 is 4.74 Å². The smallest absolute Gasteiger partial charge is 0.209 e. The monoisotopic (exact) mass is 269 g/mol. The van der Waals surface area contributed by atoms with Gasteiger partial charge in [0.1, 0.15) is 0 Å². The van der Waals surface area contributed by atoms with Crippen LogP contribution < -0.4 is 0 Å². The second kappa shape index (κ2) is 4.48. The zero-order valence-electron chi connectivity index (χ0n) is 10.6. The van der Waals surface area contributed by atoms with Gasteiger partial charge in [0.15, 0.2) is 11.7 Å². The molecule has 0 atom stereocenters. The lowest BCUT2D eigenvalue weighted by atomic mass is 10.2. The molecule has 4 heterocycles. The normalized spacial score (nSPS) is 17.7. The van der Waals surface area contributed by atoms with Crippen molar-refractivity contribution in [1.29, 1.82) is 0 Å². The molecule has 0 aliphatic carbocycles. The maximum Gasteiger partial charge on any atom is 0.209 e. The molecular weight excluding hydrogens is 258 g/mol. The Hall–Kier alpha value is -2.64. The summed E-state index contributed by atoms with van der Waals surface area (Å²) < 4.78 is 6.93. The summed E-state index contributed by atoms with van der Waals surface area (Å²) in [5.41, 5.74) is 0.571. The number of hydrogen-bond donors (Lipinski definition) is 0. The quantitative estimate of drug-likeness (QED) is 0.661. The van der Waals surface area contributed by atoms with Gasteiger partial charge in [-0.05, 0) is 29.3 Å². The topological polar surface area (TPSA) is 90.5 Å². The van der Waals surface area contributed by atoms with Crippen molar-refractivity contribution in [3.8, 4) is 0 Å². The molecule has 1 fully saturated rings. The Morgan fingerprint density at radius 1 is 1.25 bits per heavy atom. The van der Waals surface area contributed by atoms with Crippen molar-refractivity contribution < 1.29 is 4.74 Å². The average molecular weight is 269 g/mol. The number of nitrogens with zero attached hydrogens (tertiary/aromatic N) is 7. The molecule has 4 rings (SSSR count). The molecule has 1 saturated heterocycles. The van der Waals surface area contributed by atoms with Gasteiger partial charge in [0.2, 0.25) is 5.65 Å². The van der Waals surface area contributed by atoms with Gasteiger partial charge in [-0.1, -0.05) is 0 Å². The molecule has 0 amide bonds. The maximum atomic E-state index is 5.56. The highest BCUT2D eigenvalue weighted by Crippen LogP contribution is 2.25. The van der Waals surface area contributed by atoms with Crippen LogP contribution in [0.4, 0.5) is 5.82 Å². The van der Waals surface area contributed by atoms with Crippen molar-refractivity contribution in [1.82, 2.24) is 30.2 Å². The molecule has 0 spiro atoms. The number of pyridine rings is 1. The number of tetrazole rings is 1. The first-order valence-electron chi connectivity index (χ1n) is 6.44. The molecule has 0 radical (unpaired) electrons. The van der Waals surface area contributed by atoms with Crippen molar-refractivity contribution in [3.05, 3.63) is 18.5 Å². The number of rotatable bonds is 1. The number of aromatic nitrogens is 6. The lowest BCUT2D eigenvalue weighted by Gasteiger charge is -2.14. The van der Waals surface area contributed by atoms with Gasteiger partial charge >= 0.3 is 0 Å². The molecule has 0 bridgehead atoms. The molecule has 0 aromatic carbocycles. The minimum Gasteiger partial charge on any atom is -0.481 e. The Bertz CT molecular complexity index is 802. The Morgan fingerprint density at radius 2 is 2.25 bits per heavy atom. The number of fused-ring (bicyclic) bond motifs is 3. The molecule has 100 valence electrons. The van der Waals surface area contributed by atoms with E-state index in [1.165, 1.54) is 4.63 Å². The molecule has 20 heavy (non-hydrogen) atoms. The minimum absolute atomic E-state index is 0.555. The van der Waals surface area contributed by atoms with E-state index in [1.807, 2.05) is 6.07 Å². The van der Waals surface area contributed by atoms with Gasteiger partial charge in [0.25, 0.3) is 0 Å². The second-order valence-electron chi connectivity index (χ2n) is 4.55. The standard InChI is InChI=1S/C12H11N7O/c1-2-6-20-10(3-1)14-11-8-4-5-13-7-9(8)12-15-17-18-19(12)16-11/h4-5,7H,1-3,6H2. The van der Waals surface area contributed by atoms with E-state index in [4.69, 9.17) is 4.74 Å². The molecule has 3 aromatic rings.